The van der Waals surface area contributed by atoms with Crippen LogP contribution in [-0.4, -0.2) is 46.0 Å². The lowest BCUT2D eigenvalue weighted by molar-refractivity contribution is -0.00386. The molecule has 0 amide bonds. The fourth-order valence-corrected chi connectivity index (χ4v) is 3.34. The zero-order chi connectivity index (χ0) is 17.5. The Kier molecular flexibility index (Phi) is 4.31. The summed E-state index contributed by atoms with van der Waals surface area (Å²) in [6.07, 6.45) is 5.49. The average Bonchev–Trinajstić information content (AvgIpc) is 3.10. The van der Waals surface area contributed by atoms with Crippen molar-refractivity contribution in [3.05, 3.63) is 24.2 Å². The maximum Gasteiger partial charge on any atom is 0.192 e. The van der Waals surface area contributed by atoms with Gasteiger partial charge in [-0.25, -0.2) is 4.98 Å². The van der Waals surface area contributed by atoms with Crippen LogP contribution in [0.1, 0.15) is 32.7 Å². The molecule has 2 aromatic rings. The number of aryl methyl sites for hydroxylation is 1. The molecule has 0 saturated carbocycles. The van der Waals surface area contributed by atoms with E-state index in [1.807, 2.05) is 23.6 Å². The third-order valence-electron chi connectivity index (χ3n) is 4.94. The van der Waals surface area contributed by atoms with Crippen LogP contribution in [0.5, 0.6) is 0 Å². The van der Waals surface area contributed by atoms with Crippen LogP contribution in [0.3, 0.4) is 0 Å². The van der Waals surface area contributed by atoms with Gasteiger partial charge in [-0.3, -0.25) is 4.57 Å². The molecule has 0 aromatic carbocycles. The van der Waals surface area contributed by atoms with Gasteiger partial charge >= 0.3 is 0 Å². The molecule has 0 N–H and O–H groups in total. The van der Waals surface area contributed by atoms with Gasteiger partial charge in [0.25, 0.3) is 0 Å². The van der Waals surface area contributed by atoms with Gasteiger partial charge < -0.3 is 9.16 Å². The quantitative estimate of drug-likeness (QED) is 0.625. The smallest absolute Gasteiger partial charge is 0.192 e. The third-order valence-corrected chi connectivity index (χ3v) is 9.44. The lowest BCUT2D eigenvalue weighted by Crippen LogP contribution is -2.42. The van der Waals surface area contributed by atoms with E-state index in [9.17, 15) is 0 Å². The van der Waals surface area contributed by atoms with Crippen LogP contribution in [0.4, 0.5) is 0 Å². The van der Waals surface area contributed by atoms with E-state index in [0.717, 1.165) is 11.2 Å². The molecule has 8 heteroatoms. The van der Waals surface area contributed by atoms with Crippen molar-refractivity contribution in [2.45, 2.75) is 58.2 Å². The van der Waals surface area contributed by atoms with Gasteiger partial charge in [0.15, 0.2) is 20.2 Å². The van der Waals surface area contributed by atoms with E-state index < -0.39 is 8.32 Å². The van der Waals surface area contributed by atoms with E-state index in [4.69, 9.17) is 9.16 Å². The maximum absolute atomic E-state index is 6.25. The predicted octanol–water partition coefficient (Wildman–Crippen LogP) is 3.01. The fraction of sp³-hybridized carbons (Fsp3) is 0.625. The highest BCUT2D eigenvalue weighted by Crippen LogP contribution is 2.37. The molecule has 0 fully saturated rings. The number of aromatic nitrogens is 5. The first-order valence-corrected chi connectivity index (χ1v) is 11.1. The van der Waals surface area contributed by atoms with Crippen molar-refractivity contribution >= 4 is 19.5 Å². The Balaban J connectivity index is 1.68. The second-order valence-corrected chi connectivity index (χ2v) is 12.5. The van der Waals surface area contributed by atoms with E-state index in [1.54, 1.807) is 6.33 Å². The standard InChI is InChI=1S/C16H25N5O2Si/c1-11-14-15(19-20-18-11)21(10-17-14)13-8-7-12(23-13)9-22-24(5,6)16(2,3)4/h7-8,10,12-13H,9H2,1-6H3/t12-,13+/m0/s1. The Hall–Kier alpha value is -1.64. The molecule has 1 aliphatic heterocycles. The molecule has 7 nitrogen and oxygen atoms in total. The van der Waals surface area contributed by atoms with Crippen molar-refractivity contribution in [3.8, 4) is 0 Å². The summed E-state index contributed by atoms with van der Waals surface area (Å²) in [6.45, 7) is 13.6. The number of fused-ring (bicyclic) bond motifs is 1. The van der Waals surface area contributed by atoms with Crippen LogP contribution >= 0.6 is 0 Å². The Morgan fingerprint density at radius 3 is 2.71 bits per heavy atom. The first-order valence-electron chi connectivity index (χ1n) is 8.19. The van der Waals surface area contributed by atoms with Crippen molar-refractivity contribution in [2.24, 2.45) is 0 Å². The monoisotopic (exact) mass is 347 g/mol. The molecular weight excluding hydrogens is 322 g/mol. The topological polar surface area (TPSA) is 75.0 Å². The Bertz CT molecular complexity index is 765. The average molecular weight is 347 g/mol. The highest BCUT2D eigenvalue weighted by molar-refractivity contribution is 6.74. The normalized spacial score (nSPS) is 21.8. The number of nitrogens with zero attached hydrogens (tertiary/aromatic N) is 5. The summed E-state index contributed by atoms with van der Waals surface area (Å²) in [5.74, 6) is 0. The molecule has 0 spiro atoms. The molecule has 24 heavy (non-hydrogen) atoms. The van der Waals surface area contributed by atoms with Gasteiger partial charge in [0.2, 0.25) is 0 Å². The van der Waals surface area contributed by atoms with E-state index in [-0.39, 0.29) is 17.4 Å². The number of hydrogen-bond acceptors (Lipinski definition) is 6. The highest BCUT2D eigenvalue weighted by atomic mass is 28.4. The van der Waals surface area contributed by atoms with Crippen LogP contribution in [0.15, 0.2) is 18.5 Å². The molecule has 130 valence electrons. The highest BCUT2D eigenvalue weighted by Gasteiger charge is 2.38. The van der Waals surface area contributed by atoms with Crippen molar-refractivity contribution in [1.82, 2.24) is 25.0 Å². The SMILES string of the molecule is Cc1nnnc2c1ncn2[C@H]1C=C[C@@H](CO[Si](C)(C)C(C)(C)C)O1. The molecule has 3 heterocycles. The van der Waals surface area contributed by atoms with Gasteiger partial charge in [0.1, 0.15) is 11.6 Å². The summed E-state index contributed by atoms with van der Waals surface area (Å²) >= 11 is 0. The van der Waals surface area contributed by atoms with Crippen molar-refractivity contribution in [3.63, 3.8) is 0 Å². The van der Waals surface area contributed by atoms with E-state index in [0.29, 0.717) is 12.3 Å². The number of rotatable bonds is 4. The maximum atomic E-state index is 6.25. The minimum atomic E-state index is -1.78. The zero-order valence-electron chi connectivity index (χ0n) is 15.1. The predicted molar refractivity (Wildman–Crippen MR) is 94.1 cm³/mol. The van der Waals surface area contributed by atoms with Crippen LogP contribution in [-0.2, 0) is 9.16 Å². The van der Waals surface area contributed by atoms with Gasteiger partial charge in [0, 0.05) is 0 Å². The minimum absolute atomic E-state index is 0.0579. The van der Waals surface area contributed by atoms with E-state index >= 15 is 0 Å². The summed E-state index contributed by atoms with van der Waals surface area (Å²) in [6, 6.07) is 0. The molecule has 0 unspecified atom stereocenters. The molecule has 0 saturated heterocycles. The van der Waals surface area contributed by atoms with Gasteiger partial charge in [-0.15, -0.1) is 10.2 Å². The molecule has 3 rings (SSSR count). The summed E-state index contributed by atoms with van der Waals surface area (Å²) in [5.41, 5.74) is 2.20. The second-order valence-electron chi connectivity index (χ2n) is 7.72. The van der Waals surface area contributed by atoms with Crippen LogP contribution in [0.2, 0.25) is 18.1 Å². The van der Waals surface area contributed by atoms with Crippen molar-refractivity contribution in [2.75, 3.05) is 6.61 Å². The largest absolute Gasteiger partial charge is 0.414 e. The lowest BCUT2D eigenvalue weighted by atomic mass is 10.2. The molecule has 2 aromatic heterocycles. The van der Waals surface area contributed by atoms with Crippen molar-refractivity contribution in [1.29, 1.82) is 0 Å². The third kappa shape index (κ3) is 3.13. The molecule has 0 bridgehead atoms. The summed E-state index contributed by atoms with van der Waals surface area (Å²) in [5, 5.41) is 12.0. The van der Waals surface area contributed by atoms with Gasteiger partial charge in [-0.1, -0.05) is 26.8 Å². The minimum Gasteiger partial charge on any atom is -0.414 e. The molecule has 0 aliphatic carbocycles. The molecular formula is C16H25N5O2Si. The molecule has 2 atom stereocenters. The number of imidazole rings is 1. The summed E-state index contributed by atoms with van der Waals surface area (Å²) < 4.78 is 14.2. The van der Waals surface area contributed by atoms with Gasteiger partial charge in [-0.05, 0) is 36.3 Å². The summed E-state index contributed by atoms with van der Waals surface area (Å²) in [7, 11) is -1.78. The molecule has 1 aliphatic rings. The van der Waals surface area contributed by atoms with Crippen LogP contribution in [0.25, 0.3) is 11.2 Å². The number of ether oxygens (including phenoxy) is 1. The van der Waals surface area contributed by atoms with Gasteiger partial charge in [0.05, 0.1) is 18.6 Å². The van der Waals surface area contributed by atoms with Crippen molar-refractivity contribution < 1.29 is 9.16 Å². The number of hydrogen-bond donors (Lipinski definition) is 0. The first kappa shape index (κ1) is 17.2. The van der Waals surface area contributed by atoms with Crippen LogP contribution in [0, 0.1) is 6.92 Å². The lowest BCUT2D eigenvalue weighted by Gasteiger charge is -2.36. The fourth-order valence-electron chi connectivity index (χ4n) is 2.32. The zero-order valence-corrected chi connectivity index (χ0v) is 16.1. The Morgan fingerprint density at radius 2 is 2.00 bits per heavy atom. The van der Waals surface area contributed by atoms with Gasteiger partial charge in [-0.2, -0.15) is 0 Å². The van der Waals surface area contributed by atoms with E-state index in [2.05, 4.69) is 54.3 Å². The Morgan fingerprint density at radius 1 is 1.25 bits per heavy atom. The second kappa shape index (κ2) is 6.02. The van der Waals surface area contributed by atoms with Crippen LogP contribution < -0.4 is 0 Å². The Labute approximate surface area is 143 Å². The van der Waals surface area contributed by atoms with E-state index in [1.165, 1.54) is 0 Å². The molecule has 0 radical (unpaired) electrons. The first-order chi connectivity index (χ1) is 11.2. The summed E-state index contributed by atoms with van der Waals surface area (Å²) in [4.78, 5) is 4.37.